The van der Waals surface area contributed by atoms with Gasteiger partial charge < -0.3 is 24.7 Å². The number of rotatable bonds is 6. The second-order valence-corrected chi connectivity index (χ2v) is 7.55. The molecule has 0 radical (unpaired) electrons. The van der Waals surface area contributed by atoms with Crippen molar-refractivity contribution in [2.75, 3.05) is 13.9 Å². The number of aromatic hydroxyl groups is 1. The van der Waals surface area contributed by atoms with E-state index < -0.39 is 5.97 Å². The molecule has 6 nitrogen and oxygen atoms in total. The Morgan fingerprint density at radius 1 is 1.14 bits per heavy atom. The van der Waals surface area contributed by atoms with E-state index in [2.05, 4.69) is 4.98 Å². The minimum absolute atomic E-state index is 0.0681. The zero-order valence-electron chi connectivity index (χ0n) is 16.4. The highest BCUT2D eigenvalue weighted by Crippen LogP contribution is 2.45. The van der Waals surface area contributed by atoms with Crippen LogP contribution in [0.4, 0.5) is 0 Å². The lowest BCUT2D eigenvalue weighted by Gasteiger charge is -2.23. The van der Waals surface area contributed by atoms with Gasteiger partial charge in [-0.25, -0.2) is 4.79 Å². The van der Waals surface area contributed by atoms with Crippen LogP contribution >= 0.6 is 0 Å². The third kappa shape index (κ3) is 3.80. The maximum atomic E-state index is 11.4. The number of ether oxygens (including phenoxy) is 2. The van der Waals surface area contributed by atoms with Crippen molar-refractivity contribution in [3.63, 3.8) is 0 Å². The van der Waals surface area contributed by atoms with E-state index in [9.17, 15) is 15.0 Å². The number of aromatic nitrogens is 1. The van der Waals surface area contributed by atoms with Gasteiger partial charge in [0.05, 0.1) is 11.3 Å². The van der Waals surface area contributed by atoms with Crippen molar-refractivity contribution in [1.29, 1.82) is 0 Å². The van der Waals surface area contributed by atoms with E-state index in [4.69, 9.17) is 9.47 Å². The Morgan fingerprint density at radius 3 is 2.66 bits per heavy atom. The maximum absolute atomic E-state index is 11.4. The Balaban J connectivity index is 1.92. The summed E-state index contributed by atoms with van der Waals surface area (Å²) in [4.78, 5) is 14.9. The van der Waals surface area contributed by atoms with E-state index in [1.165, 1.54) is 24.8 Å². The first-order valence-electron chi connectivity index (χ1n) is 9.92. The van der Waals surface area contributed by atoms with E-state index in [0.29, 0.717) is 11.7 Å². The lowest BCUT2D eigenvalue weighted by molar-refractivity contribution is 0.0514. The summed E-state index contributed by atoms with van der Waals surface area (Å²) in [5.41, 5.74) is 3.99. The first-order valence-corrected chi connectivity index (χ1v) is 9.92. The number of phenols is 1. The molecule has 1 heterocycles. The molecule has 1 aromatic heterocycles. The van der Waals surface area contributed by atoms with Crippen LogP contribution in [0.2, 0.25) is 0 Å². The van der Waals surface area contributed by atoms with Crippen LogP contribution in [0.5, 0.6) is 11.5 Å². The van der Waals surface area contributed by atoms with Gasteiger partial charge >= 0.3 is 5.97 Å². The zero-order valence-corrected chi connectivity index (χ0v) is 16.4. The summed E-state index contributed by atoms with van der Waals surface area (Å²) in [5, 5.41) is 20.4. The maximum Gasteiger partial charge on any atom is 0.335 e. The van der Waals surface area contributed by atoms with Crippen molar-refractivity contribution in [3.8, 4) is 22.8 Å². The Bertz CT molecular complexity index is 1030. The molecule has 1 aliphatic carbocycles. The van der Waals surface area contributed by atoms with E-state index in [1.807, 2.05) is 12.1 Å². The van der Waals surface area contributed by atoms with Crippen LogP contribution in [0.15, 0.2) is 36.4 Å². The van der Waals surface area contributed by atoms with Crippen molar-refractivity contribution in [2.45, 2.75) is 38.0 Å². The number of fused-ring (bicyclic) bond motifs is 1. The molecule has 0 amide bonds. The molecule has 3 N–H and O–H groups in total. The summed E-state index contributed by atoms with van der Waals surface area (Å²) >= 11 is 0. The van der Waals surface area contributed by atoms with E-state index >= 15 is 0 Å². The molecule has 29 heavy (non-hydrogen) atoms. The van der Waals surface area contributed by atoms with Crippen LogP contribution in [-0.2, 0) is 4.74 Å². The summed E-state index contributed by atoms with van der Waals surface area (Å²) in [6.07, 6.45) is 5.83. The van der Waals surface area contributed by atoms with Gasteiger partial charge in [0.15, 0.2) is 6.79 Å². The van der Waals surface area contributed by atoms with Gasteiger partial charge in [-0.05, 0) is 48.6 Å². The molecule has 0 aliphatic heterocycles. The molecule has 2 aromatic carbocycles. The Kier molecular flexibility index (Phi) is 5.45. The number of carboxylic acid groups (broad SMARTS) is 1. The number of carboxylic acids is 1. The fourth-order valence-corrected chi connectivity index (χ4v) is 4.34. The zero-order chi connectivity index (χ0) is 20.4. The summed E-state index contributed by atoms with van der Waals surface area (Å²) in [6.45, 7) is 0.0681. The van der Waals surface area contributed by atoms with Crippen LogP contribution < -0.4 is 4.74 Å². The molecule has 1 aliphatic rings. The molecule has 0 bridgehead atoms. The molecule has 0 saturated heterocycles. The first kappa shape index (κ1) is 19.3. The second kappa shape index (κ2) is 8.17. The van der Waals surface area contributed by atoms with Crippen LogP contribution in [0, 0.1) is 0 Å². The molecule has 1 saturated carbocycles. The number of nitrogens with one attached hydrogen (secondary N) is 1. The molecule has 4 rings (SSSR count). The van der Waals surface area contributed by atoms with Gasteiger partial charge in [0.2, 0.25) is 0 Å². The highest BCUT2D eigenvalue weighted by Gasteiger charge is 2.25. The van der Waals surface area contributed by atoms with Crippen LogP contribution in [-0.4, -0.2) is 35.1 Å². The summed E-state index contributed by atoms with van der Waals surface area (Å²) in [6, 6.07) is 10.3. The Labute approximate surface area is 169 Å². The normalized spacial score (nSPS) is 14.9. The number of phenolic OH excluding ortho intramolecular Hbond substituents is 1. The predicted octanol–water partition coefficient (Wildman–Crippen LogP) is 5.27. The molecule has 3 aromatic rings. The van der Waals surface area contributed by atoms with E-state index in [1.54, 1.807) is 31.4 Å². The van der Waals surface area contributed by atoms with Gasteiger partial charge in [-0.1, -0.05) is 25.3 Å². The van der Waals surface area contributed by atoms with Crippen molar-refractivity contribution in [2.24, 2.45) is 0 Å². The molecule has 1 fully saturated rings. The summed E-state index contributed by atoms with van der Waals surface area (Å²) < 4.78 is 10.8. The van der Waals surface area contributed by atoms with Crippen molar-refractivity contribution in [3.05, 3.63) is 47.5 Å². The minimum Gasteiger partial charge on any atom is -0.508 e. The minimum atomic E-state index is -0.948. The van der Waals surface area contributed by atoms with E-state index in [0.717, 1.165) is 35.0 Å². The Morgan fingerprint density at radius 2 is 1.93 bits per heavy atom. The lowest BCUT2D eigenvalue weighted by Crippen LogP contribution is -2.06. The van der Waals surface area contributed by atoms with Gasteiger partial charge in [0.25, 0.3) is 0 Å². The number of carbonyl (C=O) groups is 1. The third-order valence-electron chi connectivity index (χ3n) is 5.67. The van der Waals surface area contributed by atoms with Gasteiger partial charge in [0.1, 0.15) is 11.5 Å². The topological polar surface area (TPSA) is 91.8 Å². The van der Waals surface area contributed by atoms with Crippen LogP contribution in [0.25, 0.3) is 22.2 Å². The van der Waals surface area contributed by atoms with Crippen molar-refractivity contribution >= 4 is 16.9 Å². The lowest BCUT2D eigenvalue weighted by atomic mass is 9.81. The second-order valence-electron chi connectivity index (χ2n) is 7.55. The number of hydrogen-bond donors (Lipinski definition) is 3. The number of hydrogen-bond acceptors (Lipinski definition) is 4. The molecular weight excluding hydrogens is 370 g/mol. The van der Waals surface area contributed by atoms with Gasteiger partial charge in [-0.2, -0.15) is 0 Å². The van der Waals surface area contributed by atoms with Crippen LogP contribution in [0.1, 0.15) is 53.9 Å². The average Bonchev–Trinajstić information content (AvgIpc) is 3.11. The number of methoxy groups -OCH3 is 1. The Hall–Kier alpha value is -2.99. The fraction of sp³-hybridized carbons (Fsp3) is 0.348. The van der Waals surface area contributed by atoms with Crippen molar-refractivity contribution in [1.82, 2.24) is 4.98 Å². The largest absolute Gasteiger partial charge is 0.508 e. The van der Waals surface area contributed by atoms with Crippen LogP contribution in [0.3, 0.4) is 0 Å². The molecule has 0 atom stereocenters. The standard InChI is InChI=1S/C23H25NO5/c1-28-13-29-20-12-16(25)8-10-18(20)22-21(14-5-3-2-4-6-14)17-9-7-15(23(26)27)11-19(17)24-22/h7-12,14,24-25H,2-6,13H2,1H3,(H,26,27). The molecular formula is C23H25NO5. The summed E-state index contributed by atoms with van der Waals surface area (Å²) in [7, 11) is 1.55. The highest BCUT2D eigenvalue weighted by molar-refractivity contribution is 5.98. The molecule has 6 heteroatoms. The third-order valence-corrected chi connectivity index (χ3v) is 5.67. The summed E-state index contributed by atoms with van der Waals surface area (Å²) in [5.74, 6) is 0.0838. The first-order chi connectivity index (χ1) is 14.1. The van der Waals surface area contributed by atoms with Gasteiger partial charge in [-0.3, -0.25) is 0 Å². The number of aromatic carboxylic acids is 1. The smallest absolute Gasteiger partial charge is 0.335 e. The quantitative estimate of drug-likeness (QED) is 0.495. The van der Waals surface area contributed by atoms with Gasteiger partial charge in [0, 0.05) is 29.6 Å². The average molecular weight is 395 g/mol. The molecule has 0 unspecified atom stereocenters. The number of H-pyrrole nitrogens is 1. The number of aromatic amines is 1. The van der Waals surface area contributed by atoms with Gasteiger partial charge in [-0.15, -0.1) is 0 Å². The number of benzene rings is 2. The highest BCUT2D eigenvalue weighted by atomic mass is 16.7. The van der Waals surface area contributed by atoms with E-state index in [-0.39, 0.29) is 18.1 Å². The fourth-order valence-electron chi connectivity index (χ4n) is 4.34. The molecule has 0 spiro atoms. The monoisotopic (exact) mass is 395 g/mol. The predicted molar refractivity (Wildman–Crippen MR) is 111 cm³/mol. The SMILES string of the molecule is COCOc1cc(O)ccc1-c1[nH]c2cc(C(=O)O)ccc2c1C1CCCCC1. The molecule has 152 valence electrons. The van der Waals surface area contributed by atoms with Crippen molar-refractivity contribution < 1.29 is 24.5 Å².